The van der Waals surface area contributed by atoms with Crippen molar-refractivity contribution in [3.05, 3.63) is 39.4 Å². The van der Waals surface area contributed by atoms with Crippen molar-refractivity contribution < 1.29 is 13.2 Å². The van der Waals surface area contributed by atoms with Gasteiger partial charge in [-0.3, -0.25) is 4.79 Å². The van der Waals surface area contributed by atoms with Crippen LogP contribution >= 0.6 is 27.3 Å². The van der Waals surface area contributed by atoms with Crippen LogP contribution in [0.4, 0.5) is 0 Å². The van der Waals surface area contributed by atoms with Crippen LogP contribution in [0.15, 0.2) is 33.1 Å². The lowest BCUT2D eigenvalue weighted by Gasteiger charge is -2.06. The number of sulfonamides is 1. The molecule has 21 heavy (non-hydrogen) atoms. The molecule has 0 atom stereocenters. The van der Waals surface area contributed by atoms with E-state index < -0.39 is 10.0 Å². The number of carbonyl (C=O) groups excluding carboxylic acids is 1. The van der Waals surface area contributed by atoms with E-state index in [1.165, 1.54) is 6.07 Å². The first-order valence-corrected chi connectivity index (χ1v) is 9.22. The van der Waals surface area contributed by atoms with Crippen LogP contribution in [0.5, 0.6) is 0 Å². The van der Waals surface area contributed by atoms with Crippen LogP contribution < -0.4 is 10.5 Å². The Morgan fingerprint density at radius 2 is 2.19 bits per heavy atom. The minimum absolute atomic E-state index is 0.0893. The van der Waals surface area contributed by atoms with Crippen molar-refractivity contribution in [2.75, 3.05) is 0 Å². The molecular weight excluding hydrogens is 378 g/mol. The second-order valence-corrected chi connectivity index (χ2v) is 8.15. The molecule has 0 aromatic carbocycles. The van der Waals surface area contributed by atoms with Crippen LogP contribution in [0.25, 0.3) is 0 Å². The monoisotopic (exact) mass is 391 g/mol. The highest BCUT2D eigenvalue weighted by molar-refractivity contribution is 9.10. The maximum absolute atomic E-state index is 12.1. The summed E-state index contributed by atoms with van der Waals surface area (Å²) in [7, 11) is -3.68. The Morgan fingerprint density at radius 3 is 2.76 bits per heavy atom. The van der Waals surface area contributed by atoms with Crippen molar-refractivity contribution >= 4 is 43.2 Å². The Bertz CT molecular complexity index is 765. The fourth-order valence-corrected chi connectivity index (χ4v) is 3.97. The number of carbonyl (C=O) groups is 1. The minimum atomic E-state index is -3.68. The summed E-state index contributed by atoms with van der Waals surface area (Å²) in [6.45, 7) is 2.88. The van der Waals surface area contributed by atoms with Gasteiger partial charge in [0.15, 0.2) is 0 Å². The zero-order chi connectivity index (χ0) is 15.6. The number of amides is 1. The van der Waals surface area contributed by atoms with E-state index in [4.69, 9.17) is 5.14 Å². The SMILES string of the molecule is CCn1cc(Br)cc1C(=O)NCc1ccc(S(N)(=O)=O)s1. The Balaban J connectivity index is 2.06. The van der Waals surface area contributed by atoms with Crippen LogP contribution in [0.2, 0.25) is 0 Å². The van der Waals surface area contributed by atoms with Gasteiger partial charge in [-0.2, -0.15) is 0 Å². The van der Waals surface area contributed by atoms with Crippen molar-refractivity contribution in [3.8, 4) is 0 Å². The Hall–Kier alpha value is -1.16. The lowest BCUT2D eigenvalue weighted by atomic mass is 10.4. The standard InChI is InChI=1S/C12H14BrN3O3S2/c1-2-16-7-8(13)5-10(16)12(17)15-6-9-3-4-11(20-9)21(14,18)19/h3-5,7H,2,6H2,1H3,(H,15,17)(H2,14,18,19). The fraction of sp³-hybridized carbons (Fsp3) is 0.250. The van der Waals surface area contributed by atoms with Crippen LogP contribution in [-0.2, 0) is 23.1 Å². The number of rotatable bonds is 5. The summed E-state index contributed by atoms with van der Waals surface area (Å²) in [6, 6.07) is 4.81. The van der Waals surface area contributed by atoms with E-state index in [-0.39, 0.29) is 16.7 Å². The van der Waals surface area contributed by atoms with Gasteiger partial charge in [-0.05, 0) is 41.1 Å². The van der Waals surface area contributed by atoms with Gasteiger partial charge in [-0.25, -0.2) is 13.6 Å². The second-order valence-electron chi connectivity index (χ2n) is 4.28. The summed E-state index contributed by atoms with van der Waals surface area (Å²) < 4.78 is 25.1. The van der Waals surface area contributed by atoms with E-state index in [0.29, 0.717) is 12.2 Å². The molecule has 2 heterocycles. The second kappa shape index (κ2) is 6.30. The number of nitrogens with one attached hydrogen (secondary N) is 1. The number of primary sulfonamides is 1. The van der Waals surface area contributed by atoms with Crippen molar-refractivity contribution in [1.82, 2.24) is 9.88 Å². The average molecular weight is 392 g/mol. The van der Waals surface area contributed by atoms with Gasteiger partial charge >= 0.3 is 0 Å². The molecule has 0 aliphatic carbocycles. The molecule has 114 valence electrons. The molecule has 2 rings (SSSR count). The molecule has 2 aromatic rings. The minimum Gasteiger partial charge on any atom is -0.346 e. The number of nitrogens with two attached hydrogens (primary N) is 1. The van der Waals surface area contributed by atoms with Crippen LogP contribution in [0.3, 0.4) is 0 Å². The molecule has 3 N–H and O–H groups in total. The van der Waals surface area contributed by atoms with Crippen molar-refractivity contribution in [2.24, 2.45) is 5.14 Å². The number of nitrogens with zero attached hydrogens (tertiary/aromatic N) is 1. The molecule has 0 bridgehead atoms. The lowest BCUT2D eigenvalue weighted by molar-refractivity contribution is 0.0942. The summed E-state index contributed by atoms with van der Waals surface area (Å²) in [4.78, 5) is 12.8. The number of hydrogen-bond acceptors (Lipinski definition) is 4. The molecule has 0 saturated carbocycles. The number of thiophene rings is 1. The Morgan fingerprint density at radius 1 is 1.48 bits per heavy atom. The maximum Gasteiger partial charge on any atom is 0.268 e. The van der Waals surface area contributed by atoms with Gasteiger partial charge in [0.2, 0.25) is 10.0 Å². The topological polar surface area (TPSA) is 94.2 Å². The van der Waals surface area contributed by atoms with E-state index in [1.54, 1.807) is 12.1 Å². The molecule has 0 radical (unpaired) electrons. The molecule has 0 unspecified atom stereocenters. The Labute approximate surface area is 135 Å². The number of aryl methyl sites for hydroxylation is 1. The molecule has 0 spiro atoms. The highest BCUT2D eigenvalue weighted by atomic mass is 79.9. The summed E-state index contributed by atoms with van der Waals surface area (Å²) in [5.41, 5.74) is 0.549. The van der Waals surface area contributed by atoms with Gasteiger partial charge < -0.3 is 9.88 Å². The first-order valence-electron chi connectivity index (χ1n) is 6.06. The lowest BCUT2D eigenvalue weighted by Crippen LogP contribution is -2.24. The third-order valence-corrected chi connectivity index (χ3v) is 5.73. The van der Waals surface area contributed by atoms with E-state index >= 15 is 0 Å². The summed E-state index contributed by atoms with van der Waals surface area (Å²) in [5, 5.41) is 7.81. The predicted octanol–water partition coefficient (Wildman–Crippen LogP) is 1.91. The summed E-state index contributed by atoms with van der Waals surface area (Å²) in [5.74, 6) is -0.215. The fourth-order valence-electron chi connectivity index (χ4n) is 1.79. The zero-order valence-electron chi connectivity index (χ0n) is 11.2. The van der Waals surface area contributed by atoms with Gasteiger partial charge in [0.05, 0.1) is 6.54 Å². The van der Waals surface area contributed by atoms with E-state index in [1.807, 2.05) is 17.7 Å². The molecule has 0 aliphatic rings. The summed E-state index contributed by atoms with van der Waals surface area (Å²) >= 11 is 4.38. The van der Waals surface area contributed by atoms with Gasteiger partial charge in [-0.15, -0.1) is 11.3 Å². The molecule has 2 aromatic heterocycles. The average Bonchev–Trinajstić information content (AvgIpc) is 3.01. The Kier molecular flexibility index (Phi) is 4.87. The van der Waals surface area contributed by atoms with Gasteiger partial charge in [0.25, 0.3) is 5.91 Å². The van der Waals surface area contributed by atoms with Crippen LogP contribution in [0.1, 0.15) is 22.3 Å². The molecular formula is C12H14BrN3O3S2. The molecule has 0 fully saturated rings. The molecule has 0 saturated heterocycles. The maximum atomic E-state index is 12.1. The van der Waals surface area contributed by atoms with E-state index in [9.17, 15) is 13.2 Å². The molecule has 6 nitrogen and oxygen atoms in total. The predicted molar refractivity (Wildman–Crippen MR) is 84.7 cm³/mol. The van der Waals surface area contributed by atoms with Crippen molar-refractivity contribution in [3.63, 3.8) is 0 Å². The summed E-state index contributed by atoms with van der Waals surface area (Å²) in [6.07, 6.45) is 1.83. The molecule has 9 heteroatoms. The van der Waals surface area contributed by atoms with E-state index in [0.717, 1.165) is 20.7 Å². The van der Waals surface area contributed by atoms with Crippen LogP contribution in [0, 0.1) is 0 Å². The smallest absolute Gasteiger partial charge is 0.268 e. The normalized spacial score (nSPS) is 11.6. The quantitative estimate of drug-likeness (QED) is 0.814. The van der Waals surface area contributed by atoms with Gasteiger partial charge in [0, 0.05) is 22.1 Å². The third kappa shape index (κ3) is 3.94. The zero-order valence-corrected chi connectivity index (χ0v) is 14.4. The highest BCUT2D eigenvalue weighted by Gasteiger charge is 2.14. The van der Waals surface area contributed by atoms with E-state index in [2.05, 4.69) is 21.2 Å². The molecule has 0 aliphatic heterocycles. The van der Waals surface area contributed by atoms with Crippen molar-refractivity contribution in [2.45, 2.75) is 24.2 Å². The highest BCUT2D eigenvalue weighted by Crippen LogP contribution is 2.20. The van der Waals surface area contributed by atoms with Crippen LogP contribution in [-0.4, -0.2) is 18.9 Å². The van der Waals surface area contributed by atoms with Gasteiger partial charge in [0.1, 0.15) is 9.90 Å². The van der Waals surface area contributed by atoms with Gasteiger partial charge in [-0.1, -0.05) is 0 Å². The number of aromatic nitrogens is 1. The van der Waals surface area contributed by atoms with Crippen molar-refractivity contribution in [1.29, 1.82) is 0 Å². The first-order chi connectivity index (χ1) is 9.81. The number of hydrogen-bond donors (Lipinski definition) is 2. The first kappa shape index (κ1) is 16.2. The largest absolute Gasteiger partial charge is 0.346 e. The number of halogens is 1. The third-order valence-electron chi connectivity index (χ3n) is 2.78. The molecule has 1 amide bonds.